The number of aromatic hydroxyl groups is 1. The standard InChI is InChI=1S/C15H24N2O2/c1-10(5-4-6-12(3)16)15(19)17-14-8-7-13(18)9-11(14)2/h7-10,12,18H,4-6,16H2,1-3H3,(H,17,19). The minimum atomic E-state index is -0.0352. The Labute approximate surface area is 115 Å². The topological polar surface area (TPSA) is 75.3 Å². The average Bonchev–Trinajstić information content (AvgIpc) is 2.32. The van der Waals surface area contributed by atoms with Gasteiger partial charge < -0.3 is 16.2 Å². The summed E-state index contributed by atoms with van der Waals surface area (Å²) in [4.78, 5) is 12.0. The zero-order valence-electron chi connectivity index (χ0n) is 11.9. The Hall–Kier alpha value is -1.55. The number of hydrogen-bond donors (Lipinski definition) is 3. The lowest BCUT2D eigenvalue weighted by Gasteiger charge is -2.14. The molecule has 106 valence electrons. The largest absolute Gasteiger partial charge is 0.508 e. The minimum absolute atomic E-state index is 0.0125. The van der Waals surface area contributed by atoms with Gasteiger partial charge in [0.05, 0.1) is 0 Å². The number of benzene rings is 1. The lowest BCUT2D eigenvalue weighted by molar-refractivity contribution is -0.119. The lowest BCUT2D eigenvalue weighted by Crippen LogP contribution is -2.22. The van der Waals surface area contributed by atoms with E-state index in [9.17, 15) is 9.90 Å². The number of amides is 1. The molecule has 0 aliphatic heterocycles. The third kappa shape index (κ3) is 5.30. The molecule has 1 rings (SSSR count). The fourth-order valence-electron chi connectivity index (χ4n) is 1.92. The first kappa shape index (κ1) is 15.5. The van der Waals surface area contributed by atoms with Crippen LogP contribution in [0.5, 0.6) is 5.75 Å². The van der Waals surface area contributed by atoms with E-state index in [4.69, 9.17) is 5.73 Å². The molecule has 0 aromatic heterocycles. The van der Waals surface area contributed by atoms with Gasteiger partial charge in [-0.1, -0.05) is 13.3 Å². The van der Waals surface area contributed by atoms with Gasteiger partial charge in [-0.3, -0.25) is 4.79 Å². The number of phenols is 1. The zero-order valence-corrected chi connectivity index (χ0v) is 11.9. The van der Waals surface area contributed by atoms with Crippen molar-refractivity contribution >= 4 is 11.6 Å². The third-order valence-electron chi connectivity index (χ3n) is 3.21. The van der Waals surface area contributed by atoms with Crippen molar-refractivity contribution in [3.8, 4) is 5.75 Å². The predicted octanol–water partition coefficient (Wildman–Crippen LogP) is 2.79. The Bertz CT molecular complexity index is 430. The molecule has 0 fully saturated rings. The summed E-state index contributed by atoms with van der Waals surface area (Å²) in [6.45, 7) is 5.76. The molecule has 1 aromatic rings. The van der Waals surface area contributed by atoms with E-state index in [0.29, 0.717) is 0 Å². The van der Waals surface area contributed by atoms with Gasteiger partial charge in [0, 0.05) is 17.6 Å². The number of anilines is 1. The molecule has 0 saturated carbocycles. The molecule has 4 nitrogen and oxygen atoms in total. The van der Waals surface area contributed by atoms with E-state index < -0.39 is 0 Å². The van der Waals surface area contributed by atoms with Crippen molar-refractivity contribution < 1.29 is 9.90 Å². The van der Waals surface area contributed by atoms with Crippen LogP contribution in [0, 0.1) is 12.8 Å². The van der Waals surface area contributed by atoms with Gasteiger partial charge in [0.1, 0.15) is 5.75 Å². The van der Waals surface area contributed by atoms with Crippen LogP contribution in [0.15, 0.2) is 18.2 Å². The van der Waals surface area contributed by atoms with Gasteiger partial charge in [-0.25, -0.2) is 0 Å². The molecule has 2 atom stereocenters. The lowest BCUT2D eigenvalue weighted by atomic mass is 10.0. The van der Waals surface area contributed by atoms with Crippen LogP contribution >= 0.6 is 0 Å². The number of aryl methyl sites for hydroxylation is 1. The molecule has 4 heteroatoms. The molecular formula is C15H24N2O2. The molecular weight excluding hydrogens is 240 g/mol. The smallest absolute Gasteiger partial charge is 0.227 e. The average molecular weight is 264 g/mol. The van der Waals surface area contributed by atoms with Crippen LogP contribution < -0.4 is 11.1 Å². The van der Waals surface area contributed by atoms with Crippen LogP contribution in [0.4, 0.5) is 5.69 Å². The van der Waals surface area contributed by atoms with Crippen LogP contribution in [0.25, 0.3) is 0 Å². The first-order valence-corrected chi connectivity index (χ1v) is 6.76. The highest BCUT2D eigenvalue weighted by atomic mass is 16.3. The molecule has 0 heterocycles. The predicted molar refractivity (Wildman–Crippen MR) is 78.1 cm³/mol. The first-order valence-electron chi connectivity index (χ1n) is 6.76. The van der Waals surface area contributed by atoms with Gasteiger partial charge in [0.25, 0.3) is 0 Å². The van der Waals surface area contributed by atoms with E-state index in [1.807, 2.05) is 20.8 Å². The van der Waals surface area contributed by atoms with Crippen molar-refractivity contribution in [3.63, 3.8) is 0 Å². The number of phenolic OH excluding ortho intramolecular Hbond substituents is 1. The Morgan fingerprint density at radius 2 is 2.05 bits per heavy atom. The highest BCUT2D eigenvalue weighted by Crippen LogP contribution is 2.21. The summed E-state index contributed by atoms with van der Waals surface area (Å²) < 4.78 is 0. The highest BCUT2D eigenvalue weighted by Gasteiger charge is 2.14. The number of hydrogen-bond acceptors (Lipinski definition) is 3. The van der Waals surface area contributed by atoms with Crippen LogP contribution in [-0.4, -0.2) is 17.1 Å². The van der Waals surface area contributed by atoms with Gasteiger partial charge in [-0.2, -0.15) is 0 Å². The van der Waals surface area contributed by atoms with Gasteiger partial charge >= 0.3 is 0 Å². The number of carbonyl (C=O) groups excluding carboxylic acids is 1. The van der Waals surface area contributed by atoms with Crippen LogP contribution in [0.2, 0.25) is 0 Å². The second kappa shape index (κ2) is 7.14. The van der Waals surface area contributed by atoms with Crippen molar-refractivity contribution in [3.05, 3.63) is 23.8 Å². The maximum Gasteiger partial charge on any atom is 0.227 e. The molecule has 1 aromatic carbocycles. The van der Waals surface area contributed by atoms with Crippen LogP contribution in [-0.2, 0) is 4.79 Å². The van der Waals surface area contributed by atoms with E-state index >= 15 is 0 Å². The van der Waals surface area contributed by atoms with Crippen LogP contribution in [0.1, 0.15) is 38.7 Å². The molecule has 0 aliphatic rings. The SMILES string of the molecule is Cc1cc(O)ccc1NC(=O)C(C)CCCC(C)N. The molecule has 0 spiro atoms. The monoisotopic (exact) mass is 264 g/mol. The summed E-state index contributed by atoms with van der Waals surface area (Å²) in [6, 6.07) is 5.12. The third-order valence-corrected chi connectivity index (χ3v) is 3.21. The van der Waals surface area contributed by atoms with Crippen molar-refractivity contribution in [2.75, 3.05) is 5.32 Å². The van der Waals surface area contributed by atoms with Gasteiger partial charge in [-0.15, -0.1) is 0 Å². The number of nitrogens with one attached hydrogen (secondary N) is 1. The Morgan fingerprint density at radius 3 is 2.63 bits per heavy atom. The highest BCUT2D eigenvalue weighted by molar-refractivity contribution is 5.93. The summed E-state index contributed by atoms with van der Waals surface area (Å²) in [5.74, 6) is 0.186. The molecule has 0 radical (unpaired) electrons. The van der Waals surface area contributed by atoms with Gasteiger partial charge in [0.2, 0.25) is 5.91 Å². The molecule has 1 amide bonds. The molecule has 0 bridgehead atoms. The van der Waals surface area contributed by atoms with Crippen molar-refractivity contribution in [1.82, 2.24) is 0 Å². The van der Waals surface area contributed by atoms with Crippen molar-refractivity contribution in [2.24, 2.45) is 11.7 Å². The summed E-state index contributed by atoms with van der Waals surface area (Å²) in [6.07, 6.45) is 2.74. The summed E-state index contributed by atoms with van der Waals surface area (Å²) in [5, 5.41) is 12.2. The Balaban J connectivity index is 2.49. The number of nitrogens with two attached hydrogens (primary N) is 1. The Morgan fingerprint density at radius 1 is 1.37 bits per heavy atom. The maximum absolute atomic E-state index is 12.0. The van der Waals surface area contributed by atoms with E-state index in [0.717, 1.165) is 30.5 Å². The zero-order chi connectivity index (χ0) is 14.4. The van der Waals surface area contributed by atoms with Crippen molar-refractivity contribution in [2.45, 2.75) is 46.1 Å². The second-order valence-corrected chi connectivity index (χ2v) is 5.30. The fraction of sp³-hybridized carbons (Fsp3) is 0.533. The molecule has 2 unspecified atom stereocenters. The normalized spacial score (nSPS) is 13.9. The van der Waals surface area contributed by atoms with E-state index in [2.05, 4.69) is 5.32 Å². The Kier molecular flexibility index (Phi) is 5.83. The maximum atomic E-state index is 12.0. The van der Waals surface area contributed by atoms with E-state index in [-0.39, 0.29) is 23.6 Å². The van der Waals surface area contributed by atoms with Gasteiger partial charge in [-0.05, 0) is 50.5 Å². The van der Waals surface area contributed by atoms with Gasteiger partial charge in [0.15, 0.2) is 0 Å². The van der Waals surface area contributed by atoms with E-state index in [1.165, 1.54) is 0 Å². The quantitative estimate of drug-likeness (QED) is 0.691. The summed E-state index contributed by atoms with van der Waals surface area (Å²) in [5.41, 5.74) is 7.30. The fourth-order valence-corrected chi connectivity index (χ4v) is 1.92. The first-order chi connectivity index (χ1) is 8.90. The van der Waals surface area contributed by atoms with E-state index in [1.54, 1.807) is 18.2 Å². The number of rotatable bonds is 6. The van der Waals surface area contributed by atoms with Crippen molar-refractivity contribution in [1.29, 1.82) is 0 Å². The second-order valence-electron chi connectivity index (χ2n) is 5.30. The molecule has 19 heavy (non-hydrogen) atoms. The molecule has 0 saturated heterocycles. The summed E-state index contributed by atoms with van der Waals surface area (Å²) in [7, 11) is 0. The summed E-state index contributed by atoms with van der Waals surface area (Å²) >= 11 is 0. The minimum Gasteiger partial charge on any atom is -0.508 e. The van der Waals surface area contributed by atoms with Crippen LogP contribution in [0.3, 0.4) is 0 Å². The molecule has 0 aliphatic carbocycles. The molecule has 4 N–H and O–H groups in total. The number of carbonyl (C=O) groups is 1.